The molecule has 0 fully saturated rings. The zero-order valence-electron chi connectivity index (χ0n) is 10.5. The molecule has 0 spiro atoms. The molecule has 1 heterocycles. The summed E-state index contributed by atoms with van der Waals surface area (Å²) in [6.45, 7) is 0. The lowest BCUT2D eigenvalue weighted by molar-refractivity contribution is 0.104. The van der Waals surface area contributed by atoms with Gasteiger partial charge in [0.15, 0.2) is 5.78 Å². The van der Waals surface area contributed by atoms with Crippen LogP contribution in [0.5, 0.6) is 0 Å². The maximum atomic E-state index is 11.7. The number of aromatic nitrogens is 1. The summed E-state index contributed by atoms with van der Waals surface area (Å²) >= 11 is 0. The average molecular weight is 265 g/mol. The van der Waals surface area contributed by atoms with Crippen molar-refractivity contribution in [1.29, 1.82) is 0 Å². The van der Waals surface area contributed by atoms with Gasteiger partial charge in [-0.1, -0.05) is 24.3 Å². The summed E-state index contributed by atoms with van der Waals surface area (Å²) in [4.78, 5) is 11.7. The van der Waals surface area contributed by atoms with Crippen molar-refractivity contribution in [2.75, 3.05) is 0 Å². The van der Waals surface area contributed by atoms with E-state index in [0.717, 1.165) is 10.3 Å². The van der Waals surface area contributed by atoms with Gasteiger partial charge in [-0.25, -0.2) is 4.73 Å². The molecule has 1 aromatic heterocycles. The predicted octanol–water partition coefficient (Wildman–Crippen LogP) is 1.78. The highest BCUT2D eigenvalue weighted by Gasteiger charge is 2.16. The van der Waals surface area contributed by atoms with Crippen LogP contribution in [0.1, 0.15) is 15.9 Å². The number of carbonyl (C=O) groups excluding carboxylic acids is 1. The van der Waals surface area contributed by atoms with Gasteiger partial charge in [0, 0.05) is 23.5 Å². The smallest absolute Gasteiger partial charge is 0.186 e. The maximum absolute atomic E-state index is 11.7. The van der Waals surface area contributed by atoms with E-state index in [1.807, 2.05) is 18.2 Å². The Morgan fingerprint density at radius 2 is 1.60 bits per heavy atom. The highest BCUT2D eigenvalue weighted by atomic mass is 16.5. The molecule has 0 amide bonds. The van der Waals surface area contributed by atoms with Crippen molar-refractivity contribution in [3.63, 3.8) is 0 Å². The molecule has 1 aliphatic rings. The van der Waals surface area contributed by atoms with Crippen molar-refractivity contribution >= 4 is 11.5 Å². The predicted molar refractivity (Wildman–Crippen MR) is 73.6 cm³/mol. The minimum Gasteiger partial charge on any atom is -0.429 e. The molecule has 20 heavy (non-hydrogen) atoms. The van der Waals surface area contributed by atoms with Crippen molar-refractivity contribution in [3.05, 3.63) is 77.4 Å². The number of fused-ring (bicyclic) bond motifs is 1. The summed E-state index contributed by atoms with van der Waals surface area (Å²) < 4.78 is 0.931. The van der Waals surface area contributed by atoms with Gasteiger partial charge in [0.25, 0.3) is 0 Å². The molecule has 5 nitrogen and oxygen atoms in total. The zero-order valence-corrected chi connectivity index (χ0v) is 10.5. The van der Waals surface area contributed by atoms with E-state index in [0.29, 0.717) is 16.6 Å². The Morgan fingerprint density at radius 1 is 0.900 bits per heavy atom. The van der Waals surface area contributed by atoms with Gasteiger partial charge < -0.3 is 5.21 Å². The second-order valence-corrected chi connectivity index (χ2v) is 4.26. The van der Waals surface area contributed by atoms with Crippen LogP contribution in [-0.2, 0) is 0 Å². The highest BCUT2D eigenvalue weighted by Crippen LogP contribution is 2.16. The molecule has 1 aromatic carbocycles. The molecule has 1 N–H and O–H groups in total. The summed E-state index contributed by atoms with van der Waals surface area (Å²) in [6, 6.07) is 10.6. The highest BCUT2D eigenvalue weighted by molar-refractivity contribution is 6.23. The van der Waals surface area contributed by atoms with Gasteiger partial charge >= 0.3 is 0 Å². The van der Waals surface area contributed by atoms with Crippen LogP contribution < -0.4 is 5.36 Å². The van der Waals surface area contributed by atoms with Gasteiger partial charge in [0.1, 0.15) is 0 Å². The molecule has 0 radical (unpaired) electrons. The molecule has 5 heteroatoms. The molecule has 0 atom stereocenters. The monoisotopic (exact) mass is 265 g/mol. The minimum absolute atomic E-state index is 0.0272. The number of pyridine rings is 1. The van der Waals surface area contributed by atoms with Gasteiger partial charge in [-0.05, 0) is 24.3 Å². The second-order valence-electron chi connectivity index (χ2n) is 4.26. The molecular formula is C15H11N3O2. The first-order valence-electron chi connectivity index (χ1n) is 6.05. The molecule has 3 rings (SSSR count). The Hall–Kier alpha value is -2.95. The van der Waals surface area contributed by atoms with E-state index in [1.54, 1.807) is 24.3 Å². The summed E-state index contributed by atoms with van der Waals surface area (Å²) in [5.74, 6) is -0.0272. The van der Waals surface area contributed by atoms with Crippen molar-refractivity contribution in [1.82, 2.24) is 4.73 Å². The number of rotatable bonds is 1. The lowest BCUT2D eigenvalue weighted by atomic mass is 9.94. The minimum atomic E-state index is -0.0272. The molecular weight excluding hydrogens is 254 g/mol. The lowest BCUT2D eigenvalue weighted by Gasteiger charge is -2.10. The van der Waals surface area contributed by atoms with E-state index in [9.17, 15) is 4.79 Å². The van der Waals surface area contributed by atoms with Gasteiger partial charge in [0.05, 0.1) is 11.1 Å². The van der Waals surface area contributed by atoms with E-state index in [1.165, 1.54) is 18.5 Å². The molecule has 0 aliphatic heterocycles. The van der Waals surface area contributed by atoms with Crippen LogP contribution >= 0.6 is 0 Å². The fraction of sp³-hybridized carbons (Fsp3) is 0. The van der Waals surface area contributed by atoms with Crippen LogP contribution in [0.3, 0.4) is 0 Å². The van der Waals surface area contributed by atoms with Crippen molar-refractivity contribution in [3.8, 4) is 0 Å². The SMILES string of the molecule is O=C1C=CC(=NN=c2ccn(O)cc2)c2ccccc21. The van der Waals surface area contributed by atoms with Crippen molar-refractivity contribution < 1.29 is 10.0 Å². The lowest BCUT2D eigenvalue weighted by Crippen LogP contribution is -2.12. The molecule has 2 aromatic rings. The Balaban J connectivity index is 2.05. The summed E-state index contributed by atoms with van der Waals surface area (Å²) in [5.41, 5.74) is 2.04. The van der Waals surface area contributed by atoms with E-state index in [2.05, 4.69) is 10.2 Å². The zero-order chi connectivity index (χ0) is 13.9. The van der Waals surface area contributed by atoms with Crippen LogP contribution in [-0.4, -0.2) is 21.4 Å². The standard InChI is InChI=1S/C15H11N3O2/c19-15-6-5-14(12-3-1-2-4-13(12)15)17-16-11-7-9-18(20)10-8-11/h1-10,20H. The van der Waals surface area contributed by atoms with Gasteiger partial charge in [-0.2, -0.15) is 5.10 Å². The third kappa shape index (κ3) is 2.29. The van der Waals surface area contributed by atoms with Gasteiger partial charge in [0.2, 0.25) is 0 Å². The van der Waals surface area contributed by atoms with Crippen LogP contribution in [0.25, 0.3) is 0 Å². The number of carbonyl (C=O) groups is 1. The van der Waals surface area contributed by atoms with Crippen molar-refractivity contribution in [2.24, 2.45) is 10.2 Å². The van der Waals surface area contributed by atoms with Gasteiger partial charge in [-0.3, -0.25) is 4.79 Å². The van der Waals surface area contributed by atoms with E-state index in [4.69, 9.17) is 5.21 Å². The van der Waals surface area contributed by atoms with E-state index >= 15 is 0 Å². The van der Waals surface area contributed by atoms with Crippen LogP contribution in [0, 0.1) is 0 Å². The number of hydrogen-bond acceptors (Lipinski definition) is 4. The van der Waals surface area contributed by atoms with Crippen molar-refractivity contribution in [2.45, 2.75) is 0 Å². The molecule has 0 bridgehead atoms. The largest absolute Gasteiger partial charge is 0.429 e. The topological polar surface area (TPSA) is 67.0 Å². The number of nitrogens with zero attached hydrogens (tertiary/aromatic N) is 3. The molecule has 1 aliphatic carbocycles. The Bertz CT molecular complexity index is 780. The number of ketones is 1. The van der Waals surface area contributed by atoms with Crippen LogP contribution in [0.4, 0.5) is 0 Å². The normalized spacial score (nSPS) is 15.2. The quantitative estimate of drug-likeness (QED) is 0.631. The first kappa shape index (κ1) is 12.1. The fourth-order valence-corrected chi connectivity index (χ4v) is 1.93. The summed E-state index contributed by atoms with van der Waals surface area (Å²) in [6.07, 6.45) is 6.08. The molecule has 0 saturated heterocycles. The third-order valence-electron chi connectivity index (χ3n) is 2.93. The van der Waals surface area contributed by atoms with E-state index in [-0.39, 0.29) is 5.78 Å². The summed E-state index contributed by atoms with van der Waals surface area (Å²) in [7, 11) is 0. The van der Waals surface area contributed by atoms with Crippen LogP contribution in [0.2, 0.25) is 0 Å². The van der Waals surface area contributed by atoms with E-state index < -0.39 is 0 Å². The Morgan fingerprint density at radius 3 is 2.35 bits per heavy atom. The van der Waals surface area contributed by atoms with Gasteiger partial charge in [-0.15, -0.1) is 5.10 Å². The molecule has 0 unspecified atom stereocenters. The maximum Gasteiger partial charge on any atom is 0.186 e. The second kappa shape index (κ2) is 4.97. The first-order chi connectivity index (χ1) is 9.74. The molecule has 0 saturated carbocycles. The fourth-order valence-electron chi connectivity index (χ4n) is 1.93. The number of hydrogen-bond donors (Lipinski definition) is 1. The first-order valence-corrected chi connectivity index (χ1v) is 6.05. The number of allylic oxidation sites excluding steroid dienone is 2. The number of benzene rings is 1. The summed E-state index contributed by atoms with van der Waals surface area (Å²) in [5, 5.41) is 18.0. The molecule has 98 valence electrons. The Kier molecular flexibility index (Phi) is 3.01. The van der Waals surface area contributed by atoms with Crippen LogP contribution in [0.15, 0.2) is 71.1 Å². The Labute approximate surface area is 114 Å². The third-order valence-corrected chi connectivity index (χ3v) is 2.93. The average Bonchev–Trinajstić information content (AvgIpc) is 2.49.